The monoisotopic (exact) mass is 440 g/mol. The lowest BCUT2D eigenvalue weighted by Gasteiger charge is -2.49. The Kier molecular flexibility index (Phi) is 8.03. The second-order valence-electron chi connectivity index (χ2n) is 7.42. The molecule has 2 heterocycles. The van der Waals surface area contributed by atoms with Crippen molar-refractivity contribution in [3.05, 3.63) is 71.8 Å². The summed E-state index contributed by atoms with van der Waals surface area (Å²) >= 11 is 1.68. The van der Waals surface area contributed by atoms with Crippen LogP contribution in [-0.2, 0) is 30.3 Å². The zero-order chi connectivity index (χ0) is 21.5. The van der Waals surface area contributed by atoms with Gasteiger partial charge in [0.1, 0.15) is 36.5 Å². The molecule has 0 bridgehead atoms. The first kappa shape index (κ1) is 22.3. The summed E-state index contributed by atoms with van der Waals surface area (Å²) in [4.78, 5) is 0. The topological polar surface area (TPSA) is 46.2 Å². The molecule has 0 amide bonds. The molecule has 31 heavy (non-hydrogen) atoms. The minimum Gasteiger partial charge on any atom is -0.368 e. The second-order valence-corrected chi connectivity index (χ2v) is 8.79. The van der Waals surface area contributed by atoms with Crippen molar-refractivity contribution in [2.75, 3.05) is 19.0 Å². The summed E-state index contributed by atoms with van der Waals surface area (Å²) in [5.41, 5.74) is 1.85. The van der Waals surface area contributed by atoms with Crippen molar-refractivity contribution in [2.24, 2.45) is 0 Å². The Labute approximate surface area is 188 Å². The maximum atomic E-state index is 6.44. The standard InChI is InChI=1S/C25H28O5S/c1-3-15-26-23-22(27-16-18-11-7-5-8-12-18)21-20(29-25(23)31-4-2)17-28-24(30-21)19-13-9-6-10-14-19/h1,5-14,20-25H,4,15-17H2,2H3/t20-,21-,22+,23-,24-,25+/m1/s1. The highest BCUT2D eigenvalue weighted by atomic mass is 32.2. The van der Waals surface area contributed by atoms with E-state index in [-0.39, 0.29) is 36.5 Å². The van der Waals surface area contributed by atoms with Gasteiger partial charge >= 0.3 is 0 Å². The molecule has 0 aromatic heterocycles. The molecule has 5 nitrogen and oxygen atoms in total. The van der Waals surface area contributed by atoms with Gasteiger partial charge in [0.25, 0.3) is 0 Å². The van der Waals surface area contributed by atoms with E-state index < -0.39 is 6.29 Å². The first-order valence-corrected chi connectivity index (χ1v) is 11.6. The minimum atomic E-state index is -0.475. The highest BCUT2D eigenvalue weighted by Gasteiger charge is 2.51. The smallest absolute Gasteiger partial charge is 0.184 e. The van der Waals surface area contributed by atoms with Gasteiger partial charge in [-0.05, 0) is 11.3 Å². The van der Waals surface area contributed by atoms with Crippen LogP contribution in [0.3, 0.4) is 0 Å². The quantitative estimate of drug-likeness (QED) is 0.574. The molecule has 2 aliphatic heterocycles. The molecule has 0 aliphatic carbocycles. The number of thioether (sulfide) groups is 1. The minimum absolute atomic E-state index is 0.190. The van der Waals surface area contributed by atoms with Gasteiger partial charge in [-0.3, -0.25) is 0 Å². The van der Waals surface area contributed by atoms with E-state index in [0.717, 1.165) is 16.9 Å². The summed E-state index contributed by atoms with van der Waals surface area (Å²) in [6, 6.07) is 20.0. The Hall–Kier alpha value is -1.85. The molecule has 2 aromatic carbocycles. The SMILES string of the molecule is C#CCO[C@@H]1[C@@H](OCc2ccccc2)[C@@H]2O[C@H](c3ccccc3)OC[C@H]2O[C@H]1SCC. The van der Waals surface area contributed by atoms with Gasteiger partial charge < -0.3 is 23.7 Å². The predicted octanol–water partition coefficient (Wildman–Crippen LogP) is 4.18. The third kappa shape index (κ3) is 5.50. The fourth-order valence-electron chi connectivity index (χ4n) is 3.90. The van der Waals surface area contributed by atoms with Crippen LogP contribution in [-0.4, -0.2) is 48.8 Å². The number of fused-ring (bicyclic) bond motifs is 1. The second kappa shape index (κ2) is 11.1. The molecule has 6 atom stereocenters. The lowest BCUT2D eigenvalue weighted by Crippen LogP contribution is -2.62. The highest BCUT2D eigenvalue weighted by Crippen LogP contribution is 2.39. The molecular weight excluding hydrogens is 412 g/mol. The normalized spacial score (nSPS) is 30.3. The Bertz CT molecular complexity index is 840. The predicted molar refractivity (Wildman–Crippen MR) is 120 cm³/mol. The van der Waals surface area contributed by atoms with Crippen molar-refractivity contribution >= 4 is 11.8 Å². The van der Waals surface area contributed by atoms with Crippen molar-refractivity contribution in [3.63, 3.8) is 0 Å². The van der Waals surface area contributed by atoms with Crippen molar-refractivity contribution in [1.29, 1.82) is 0 Å². The molecule has 2 aromatic rings. The Morgan fingerprint density at radius 3 is 2.45 bits per heavy atom. The molecule has 0 unspecified atom stereocenters. The molecule has 0 spiro atoms. The summed E-state index contributed by atoms with van der Waals surface area (Å²) in [7, 11) is 0. The van der Waals surface area contributed by atoms with Crippen LogP contribution in [0, 0.1) is 12.3 Å². The Balaban J connectivity index is 1.57. The molecule has 2 aliphatic rings. The van der Waals surface area contributed by atoms with Gasteiger partial charge in [0, 0.05) is 5.56 Å². The lowest BCUT2D eigenvalue weighted by atomic mass is 9.98. The summed E-state index contributed by atoms with van der Waals surface area (Å²) in [5.74, 6) is 3.46. The van der Waals surface area contributed by atoms with Gasteiger partial charge in [0.2, 0.25) is 0 Å². The first-order chi connectivity index (χ1) is 15.3. The number of ether oxygens (including phenoxy) is 5. The number of hydrogen-bond donors (Lipinski definition) is 0. The highest BCUT2D eigenvalue weighted by molar-refractivity contribution is 7.99. The number of terminal acetylenes is 1. The van der Waals surface area contributed by atoms with Crippen LogP contribution in [0.2, 0.25) is 0 Å². The maximum absolute atomic E-state index is 6.44. The molecule has 4 rings (SSSR count). The van der Waals surface area contributed by atoms with Gasteiger partial charge in [-0.1, -0.05) is 73.5 Å². The van der Waals surface area contributed by atoms with Crippen LogP contribution in [0.15, 0.2) is 60.7 Å². The summed E-state index contributed by atoms with van der Waals surface area (Å²) in [6.45, 7) is 3.17. The van der Waals surface area contributed by atoms with E-state index in [1.165, 1.54) is 0 Å². The van der Waals surface area contributed by atoms with E-state index in [9.17, 15) is 0 Å². The molecule has 2 fully saturated rings. The fraction of sp³-hybridized carbons (Fsp3) is 0.440. The summed E-state index contributed by atoms with van der Waals surface area (Å²) in [5, 5.41) is 0. The maximum Gasteiger partial charge on any atom is 0.184 e. The Morgan fingerprint density at radius 1 is 1.00 bits per heavy atom. The number of rotatable bonds is 8. The molecule has 0 saturated carbocycles. The van der Waals surface area contributed by atoms with Crippen molar-refractivity contribution < 1.29 is 23.7 Å². The molecule has 0 radical (unpaired) electrons. The van der Waals surface area contributed by atoms with Gasteiger partial charge in [0.05, 0.1) is 13.2 Å². The third-order valence-corrected chi connectivity index (χ3v) is 6.37. The molecule has 164 valence electrons. The van der Waals surface area contributed by atoms with Crippen LogP contribution < -0.4 is 0 Å². The average molecular weight is 441 g/mol. The number of hydrogen-bond acceptors (Lipinski definition) is 6. The van der Waals surface area contributed by atoms with Crippen LogP contribution in [0.1, 0.15) is 24.3 Å². The first-order valence-electron chi connectivity index (χ1n) is 10.6. The van der Waals surface area contributed by atoms with Crippen molar-refractivity contribution in [2.45, 2.75) is 49.7 Å². The summed E-state index contributed by atoms with van der Waals surface area (Å²) < 4.78 is 31.3. The zero-order valence-electron chi connectivity index (χ0n) is 17.6. The van der Waals surface area contributed by atoms with E-state index in [4.69, 9.17) is 30.1 Å². The van der Waals surface area contributed by atoms with E-state index >= 15 is 0 Å². The lowest BCUT2D eigenvalue weighted by molar-refractivity contribution is -0.328. The van der Waals surface area contributed by atoms with Crippen molar-refractivity contribution in [3.8, 4) is 12.3 Å². The van der Waals surface area contributed by atoms with Crippen molar-refractivity contribution in [1.82, 2.24) is 0 Å². The molecule has 2 saturated heterocycles. The average Bonchev–Trinajstić information content (AvgIpc) is 2.82. The molecular formula is C25H28O5S. The van der Waals surface area contributed by atoms with E-state index in [2.05, 4.69) is 12.8 Å². The van der Waals surface area contributed by atoms with Gasteiger partial charge in [-0.2, -0.15) is 0 Å². The van der Waals surface area contributed by atoms with Crippen LogP contribution in [0.4, 0.5) is 0 Å². The van der Waals surface area contributed by atoms with Crippen LogP contribution in [0.25, 0.3) is 0 Å². The summed E-state index contributed by atoms with van der Waals surface area (Å²) in [6.07, 6.45) is 3.75. The third-order valence-electron chi connectivity index (χ3n) is 5.33. The molecule has 0 N–H and O–H groups in total. The van der Waals surface area contributed by atoms with Gasteiger partial charge in [-0.15, -0.1) is 18.2 Å². The van der Waals surface area contributed by atoms with E-state index in [1.807, 2.05) is 60.7 Å². The largest absolute Gasteiger partial charge is 0.368 e. The van der Waals surface area contributed by atoms with E-state index in [0.29, 0.717) is 13.2 Å². The van der Waals surface area contributed by atoms with Crippen LogP contribution in [0.5, 0.6) is 0 Å². The zero-order valence-corrected chi connectivity index (χ0v) is 18.4. The Morgan fingerprint density at radius 2 is 1.74 bits per heavy atom. The van der Waals surface area contributed by atoms with Crippen LogP contribution >= 0.6 is 11.8 Å². The van der Waals surface area contributed by atoms with Gasteiger partial charge in [-0.25, -0.2) is 0 Å². The number of benzene rings is 2. The molecule has 6 heteroatoms. The fourth-order valence-corrected chi connectivity index (χ4v) is 4.87. The van der Waals surface area contributed by atoms with E-state index in [1.54, 1.807) is 11.8 Å². The van der Waals surface area contributed by atoms with Gasteiger partial charge in [0.15, 0.2) is 6.29 Å².